The molecule has 0 aromatic heterocycles. The van der Waals surface area contributed by atoms with Crippen LogP contribution in [0.25, 0.3) is 0 Å². The van der Waals surface area contributed by atoms with Crippen molar-refractivity contribution in [3.05, 3.63) is 59.9 Å². The van der Waals surface area contributed by atoms with E-state index in [0.717, 1.165) is 43.2 Å². The van der Waals surface area contributed by atoms with Crippen LogP contribution in [0.3, 0.4) is 0 Å². The van der Waals surface area contributed by atoms with Gasteiger partial charge in [0, 0.05) is 44.0 Å². The molecule has 1 amide bonds. The van der Waals surface area contributed by atoms with Gasteiger partial charge in [0.25, 0.3) is 0 Å². The lowest BCUT2D eigenvalue weighted by atomic mass is 10.1. The normalized spacial score (nSPS) is 16.0. The molecule has 2 aromatic rings. The number of ether oxygens (including phenoxy) is 1. The summed E-state index contributed by atoms with van der Waals surface area (Å²) in [6, 6.07) is 14.0. The highest BCUT2D eigenvalue weighted by Gasteiger charge is 2.25. The average molecular weight is 371 g/mol. The number of para-hydroxylation sites is 1. The number of nitrogens with zero attached hydrogens (tertiary/aromatic N) is 2. The van der Waals surface area contributed by atoms with Gasteiger partial charge in [-0.2, -0.15) is 0 Å². The van der Waals surface area contributed by atoms with Crippen molar-refractivity contribution in [3.8, 4) is 5.75 Å². The molecule has 5 nitrogen and oxygen atoms in total. The molecule has 0 aliphatic carbocycles. The smallest absolute Gasteiger partial charge is 0.237 e. The van der Waals surface area contributed by atoms with E-state index in [9.17, 15) is 9.18 Å². The van der Waals surface area contributed by atoms with E-state index in [2.05, 4.69) is 15.1 Å². The van der Waals surface area contributed by atoms with E-state index in [1.165, 1.54) is 12.1 Å². The van der Waals surface area contributed by atoms with Crippen molar-refractivity contribution in [3.63, 3.8) is 0 Å². The van der Waals surface area contributed by atoms with E-state index < -0.39 is 0 Å². The fourth-order valence-corrected chi connectivity index (χ4v) is 3.36. The van der Waals surface area contributed by atoms with E-state index >= 15 is 0 Å². The van der Waals surface area contributed by atoms with Crippen LogP contribution >= 0.6 is 0 Å². The molecule has 0 bridgehead atoms. The topological polar surface area (TPSA) is 44.8 Å². The van der Waals surface area contributed by atoms with E-state index in [4.69, 9.17) is 4.74 Å². The third kappa shape index (κ3) is 4.77. The van der Waals surface area contributed by atoms with Gasteiger partial charge in [0.2, 0.25) is 5.91 Å². The van der Waals surface area contributed by atoms with Crippen molar-refractivity contribution >= 4 is 11.6 Å². The van der Waals surface area contributed by atoms with Crippen LogP contribution < -0.4 is 15.0 Å². The van der Waals surface area contributed by atoms with Crippen molar-refractivity contribution in [1.29, 1.82) is 0 Å². The zero-order chi connectivity index (χ0) is 19.2. The first-order valence-electron chi connectivity index (χ1n) is 9.22. The molecule has 1 saturated heterocycles. The Morgan fingerprint density at radius 3 is 2.44 bits per heavy atom. The zero-order valence-corrected chi connectivity index (χ0v) is 15.8. The third-order valence-electron chi connectivity index (χ3n) is 5.08. The molecule has 1 N–H and O–H groups in total. The van der Waals surface area contributed by atoms with E-state index in [-0.39, 0.29) is 17.8 Å². The summed E-state index contributed by atoms with van der Waals surface area (Å²) in [6.45, 7) is 5.60. The van der Waals surface area contributed by atoms with Gasteiger partial charge >= 0.3 is 0 Å². The molecule has 27 heavy (non-hydrogen) atoms. The fourth-order valence-electron chi connectivity index (χ4n) is 3.36. The minimum atomic E-state index is -0.224. The molecule has 2 aromatic carbocycles. The first-order valence-corrected chi connectivity index (χ1v) is 9.22. The summed E-state index contributed by atoms with van der Waals surface area (Å²) in [5.41, 5.74) is 1.98. The van der Waals surface area contributed by atoms with Crippen molar-refractivity contribution in [2.24, 2.45) is 0 Å². The number of piperazine rings is 1. The van der Waals surface area contributed by atoms with Crippen molar-refractivity contribution in [1.82, 2.24) is 10.2 Å². The Morgan fingerprint density at radius 2 is 1.78 bits per heavy atom. The third-order valence-corrected chi connectivity index (χ3v) is 5.08. The lowest BCUT2D eigenvalue weighted by Gasteiger charge is -2.38. The van der Waals surface area contributed by atoms with Gasteiger partial charge in [-0.05, 0) is 37.3 Å². The molecule has 1 atom stereocenters. The molecule has 0 radical (unpaired) electrons. The molecule has 1 heterocycles. The molecule has 6 heteroatoms. The predicted octanol–water partition coefficient (Wildman–Crippen LogP) is 2.66. The first-order chi connectivity index (χ1) is 13.1. The maximum Gasteiger partial charge on any atom is 0.237 e. The highest BCUT2D eigenvalue weighted by Crippen LogP contribution is 2.19. The van der Waals surface area contributed by atoms with Crippen LogP contribution in [0.2, 0.25) is 0 Å². The lowest BCUT2D eigenvalue weighted by Crippen LogP contribution is -2.53. The molecule has 144 valence electrons. The summed E-state index contributed by atoms with van der Waals surface area (Å²) < 4.78 is 18.4. The quantitative estimate of drug-likeness (QED) is 0.848. The Morgan fingerprint density at radius 1 is 1.11 bits per heavy atom. The summed E-state index contributed by atoms with van der Waals surface area (Å²) >= 11 is 0. The van der Waals surface area contributed by atoms with Crippen LogP contribution in [0.1, 0.15) is 12.5 Å². The molecule has 0 spiro atoms. The molecule has 0 unspecified atom stereocenters. The average Bonchev–Trinajstić information content (AvgIpc) is 2.72. The molecule has 1 fully saturated rings. The number of halogens is 1. The Bertz CT molecular complexity index is 758. The van der Waals surface area contributed by atoms with Gasteiger partial charge in [0.05, 0.1) is 13.2 Å². The second-order valence-corrected chi connectivity index (χ2v) is 6.71. The Hall–Kier alpha value is -2.60. The van der Waals surface area contributed by atoms with Gasteiger partial charge in [0.1, 0.15) is 11.6 Å². The van der Waals surface area contributed by atoms with Gasteiger partial charge in [-0.1, -0.05) is 18.2 Å². The van der Waals surface area contributed by atoms with Gasteiger partial charge in [0.15, 0.2) is 0 Å². The number of nitrogens with one attached hydrogen (secondary N) is 1. The Kier molecular flexibility index (Phi) is 6.29. The van der Waals surface area contributed by atoms with Crippen molar-refractivity contribution in [2.45, 2.75) is 19.5 Å². The van der Waals surface area contributed by atoms with E-state index in [1.807, 2.05) is 31.2 Å². The Balaban J connectivity index is 1.50. The second-order valence-electron chi connectivity index (χ2n) is 6.71. The van der Waals surface area contributed by atoms with E-state index in [1.54, 1.807) is 19.2 Å². The van der Waals surface area contributed by atoms with Crippen LogP contribution in [0, 0.1) is 5.82 Å². The number of benzene rings is 2. The summed E-state index contributed by atoms with van der Waals surface area (Å²) in [7, 11) is 1.63. The predicted molar refractivity (Wildman–Crippen MR) is 104 cm³/mol. The molecule has 3 rings (SSSR count). The number of methoxy groups -OCH3 is 1. The number of rotatable bonds is 6. The van der Waals surface area contributed by atoms with Crippen LogP contribution in [0.5, 0.6) is 5.75 Å². The minimum absolute atomic E-state index is 0.0103. The first kappa shape index (κ1) is 19.2. The summed E-state index contributed by atoms with van der Waals surface area (Å²) in [5.74, 6) is 0.562. The number of amides is 1. The summed E-state index contributed by atoms with van der Waals surface area (Å²) in [6.07, 6.45) is 0. The van der Waals surface area contributed by atoms with Crippen molar-refractivity contribution in [2.75, 3.05) is 38.2 Å². The molecule has 0 saturated carbocycles. The Labute approximate surface area is 159 Å². The largest absolute Gasteiger partial charge is 0.496 e. The number of anilines is 1. The minimum Gasteiger partial charge on any atom is -0.496 e. The fraction of sp³-hybridized carbons (Fsp3) is 0.381. The highest BCUT2D eigenvalue weighted by molar-refractivity contribution is 5.81. The second kappa shape index (κ2) is 8.86. The zero-order valence-electron chi connectivity index (χ0n) is 15.8. The number of carbonyl (C=O) groups is 1. The van der Waals surface area contributed by atoms with Crippen LogP contribution in [0.4, 0.5) is 10.1 Å². The standard InChI is InChI=1S/C21H26FN3O2/c1-16(21(26)23-15-17-5-3-4-6-20(17)27-2)24-11-13-25(14-12-24)19-9-7-18(22)8-10-19/h3-10,16H,11-15H2,1-2H3,(H,23,26)/t16-/m1/s1. The van der Waals surface area contributed by atoms with Gasteiger partial charge in [-0.15, -0.1) is 0 Å². The van der Waals surface area contributed by atoms with Gasteiger partial charge < -0.3 is 15.0 Å². The summed E-state index contributed by atoms with van der Waals surface area (Å²) in [4.78, 5) is 17.0. The monoisotopic (exact) mass is 371 g/mol. The van der Waals surface area contributed by atoms with E-state index in [0.29, 0.717) is 6.54 Å². The molecular formula is C21H26FN3O2. The highest BCUT2D eigenvalue weighted by atomic mass is 19.1. The maximum absolute atomic E-state index is 13.1. The summed E-state index contributed by atoms with van der Waals surface area (Å²) in [5, 5.41) is 3.00. The van der Waals surface area contributed by atoms with Gasteiger partial charge in [-0.25, -0.2) is 4.39 Å². The van der Waals surface area contributed by atoms with Crippen molar-refractivity contribution < 1.29 is 13.9 Å². The molecule has 1 aliphatic heterocycles. The number of hydrogen-bond acceptors (Lipinski definition) is 4. The number of hydrogen-bond donors (Lipinski definition) is 1. The van der Waals surface area contributed by atoms with Crippen LogP contribution in [-0.4, -0.2) is 50.1 Å². The van der Waals surface area contributed by atoms with Crippen LogP contribution in [-0.2, 0) is 11.3 Å². The molecular weight excluding hydrogens is 345 g/mol. The SMILES string of the molecule is COc1ccccc1CNC(=O)[C@@H](C)N1CCN(c2ccc(F)cc2)CC1. The lowest BCUT2D eigenvalue weighted by molar-refractivity contribution is -0.126. The van der Waals surface area contributed by atoms with Crippen LogP contribution in [0.15, 0.2) is 48.5 Å². The van der Waals surface area contributed by atoms with Gasteiger partial charge in [-0.3, -0.25) is 9.69 Å². The number of carbonyl (C=O) groups excluding carboxylic acids is 1. The molecule has 1 aliphatic rings. The maximum atomic E-state index is 13.1.